The van der Waals surface area contributed by atoms with Crippen LogP contribution in [0.25, 0.3) is 0 Å². The third-order valence-electron chi connectivity index (χ3n) is 1.58. The van der Waals surface area contributed by atoms with Gasteiger partial charge in [0.15, 0.2) is 5.57 Å². The summed E-state index contributed by atoms with van der Waals surface area (Å²) in [7, 11) is 1.22. The maximum Gasteiger partial charge on any atom is 0.350 e. The Hall–Kier alpha value is -1.50. The van der Waals surface area contributed by atoms with Crippen molar-refractivity contribution in [2.45, 2.75) is 20.8 Å². The summed E-state index contributed by atoms with van der Waals surface area (Å²) < 4.78 is 4.42. The molecule has 0 unspecified atom stereocenters. The first-order valence-electron chi connectivity index (χ1n) is 3.83. The molecule has 0 aliphatic carbocycles. The zero-order chi connectivity index (χ0) is 10.6. The zero-order valence-electron chi connectivity index (χ0n) is 8.34. The van der Waals surface area contributed by atoms with Crippen molar-refractivity contribution >= 4 is 5.97 Å². The third-order valence-corrected chi connectivity index (χ3v) is 1.58. The molecule has 0 amide bonds. The molecule has 0 heterocycles. The van der Waals surface area contributed by atoms with Gasteiger partial charge in [-0.3, -0.25) is 0 Å². The van der Waals surface area contributed by atoms with Gasteiger partial charge in [0.2, 0.25) is 0 Å². The maximum absolute atomic E-state index is 11.0. The predicted octanol–water partition coefficient (Wildman–Crippen LogP) is 0.942. The zero-order valence-corrected chi connectivity index (χ0v) is 8.34. The summed E-state index contributed by atoms with van der Waals surface area (Å²) in [6.45, 7) is 5.47. The second-order valence-electron chi connectivity index (χ2n) is 3.64. The Labute approximate surface area is 78.0 Å². The van der Waals surface area contributed by atoms with Crippen molar-refractivity contribution in [3.63, 3.8) is 0 Å². The minimum atomic E-state index is -0.685. The van der Waals surface area contributed by atoms with Crippen molar-refractivity contribution in [3.05, 3.63) is 11.3 Å². The topological polar surface area (TPSA) is 76.1 Å². The second kappa shape index (κ2) is 3.94. The van der Waals surface area contributed by atoms with E-state index in [2.05, 4.69) is 4.74 Å². The van der Waals surface area contributed by atoms with E-state index in [9.17, 15) is 4.79 Å². The average Bonchev–Trinajstić information content (AvgIpc) is 2.03. The highest BCUT2D eigenvalue weighted by Crippen LogP contribution is 2.23. The fourth-order valence-electron chi connectivity index (χ4n) is 0.693. The molecule has 0 atom stereocenters. The summed E-state index contributed by atoms with van der Waals surface area (Å²) in [5, 5.41) is 8.67. The largest absolute Gasteiger partial charge is 0.465 e. The Balaban J connectivity index is 5.18. The number of nitrogens with two attached hydrogens (primary N) is 1. The molecular formula is C9H14N2O2. The van der Waals surface area contributed by atoms with E-state index in [0.717, 1.165) is 0 Å². The quantitative estimate of drug-likeness (QED) is 0.372. The minimum absolute atomic E-state index is 0.116. The fraction of sp³-hybridized carbons (Fsp3) is 0.556. The Morgan fingerprint density at radius 3 is 2.15 bits per heavy atom. The van der Waals surface area contributed by atoms with E-state index in [1.807, 2.05) is 20.8 Å². The molecule has 4 nitrogen and oxygen atoms in total. The van der Waals surface area contributed by atoms with Crippen LogP contribution in [0.1, 0.15) is 20.8 Å². The molecule has 0 saturated carbocycles. The number of methoxy groups -OCH3 is 1. The molecule has 0 rings (SSSR count). The highest BCUT2D eigenvalue weighted by atomic mass is 16.5. The van der Waals surface area contributed by atoms with Gasteiger partial charge in [-0.2, -0.15) is 5.26 Å². The number of nitriles is 1. The van der Waals surface area contributed by atoms with E-state index in [1.165, 1.54) is 7.11 Å². The molecule has 0 aliphatic heterocycles. The molecule has 13 heavy (non-hydrogen) atoms. The van der Waals surface area contributed by atoms with Crippen LogP contribution in [0.4, 0.5) is 0 Å². The molecule has 2 N–H and O–H groups in total. The van der Waals surface area contributed by atoms with E-state index in [-0.39, 0.29) is 11.3 Å². The third kappa shape index (κ3) is 2.79. The van der Waals surface area contributed by atoms with Crippen LogP contribution in [0, 0.1) is 16.7 Å². The molecule has 0 aromatic carbocycles. The average molecular weight is 182 g/mol. The number of esters is 1. The summed E-state index contributed by atoms with van der Waals surface area (Å²) in [6.07, 6.45) is 0. The lowest BCUT2D eigenvalue weighted by atomic mass is 9.89. The predicted molar refractivity (Wildman–Crippen MR) is 48.3 cm³/mol. The van der Waals surface area contributed by atoms with Crippen molar-refractivity contribution in [1.29, 1.82) is 5.26 Å². The Morgan fingerprint density at radius 2 is 1.92 bits per heavy atom. The summed E-state index contributed by atoms with van der Waals surface area (Å²) >= 11 is 0. The molecule has 4 heteroatoms. The first kappa shape index (κ1) is 11.5. The van der Waals surface area contributed by atoms with Gasteiger partial charge >= 0.3 is 5.97 Å². The monoisotopic (exact) mass is 182 g/mol. The molecule has 0 radical (unpaired) electrons. The summed E-state index contributed by atoms with van der Waals surface area (Å²) in [5.74, 6) is -0.685. The van der Waals surface area contributed by atoms with Crippen LogP contribution >= 0.6 is 0 Å². The standard InChI is InChI=1S/C9H14N2O2/c1-9(2,3)7(11)6(5-10)8(12)13-4/h11H2,1-4H3/b7-6-. The van der Waals surface area contributed by atoms with E-state index < -0.39 is 11.4 Å². The van der Waals surface area contributed by atoms with E-state index in [1.54, 1.807) is 6.07 Å². The summed E-state index contributed by atoms with van der Waals surface area (Å²) in [5.41, 5.74) is 5.37. The lowest BCUT2D eigenvalue weighted by molar-refractivity contribution is -0.135. The van der Waals surface area contributed by atoms with Crippen LogP contribution in [0.15, 0.2) is 11.3 Å². The van der Waals surface area contributed by atoms with E-state index >= 15 is 0 Å². The number of hydrogen-bond acceptors (Lipinski definition) is 4. The van der Waals surface area contributed by atoms with Crippen LogP contribution in [-0.4, -0.2) is 13.1 Å². The highest BCUT2D eigenvalue weighted by molar-refractivity contribution is 5.93. The first-order valence-corrected chi connectivity index (χ1v) is 3.83. The smallest absolute Gasteiger partial charge is 0.350 e. The van der Waals surface area contributed by atoms with Gasteiger partial charge in [-0.05, 0) is 0 Å². The van der Waals surface area contributed by atoms with Gasteiger partial charge in [-0.25, -0.2) is 4.79 Å². The van der Waals surface area contributed by atoms with Gasteiger partial charge in [0, 0.05) is 11.1 Å². The van der Waals surface area contributed by atoms with Crippen LogP contribution in [-0.2, 0) is 9.53 Å². The van der Waals surface area contributed by atoms with E-state index in [0.29, 0.717) is 0 Å². The minimum Gasteiger partial charge on any atom is -0.465 e. The van der Waals surface area contributed by atoms with Gasteiger partial charge in [-0.15, -0.1) is 0 Å². The molecule has 0 aromatic rings. The number of nitrogens with zero attached hydrogens (tertiary/aromatic N) is 1. The number of allylic oxidation sites excluding steroid dienone is 1. The highest BCUT2D eigenvalue weighted by Gasteiger charge is 2.23. The van der Waals surface area contributed by atoms with Crippen LogP contribution in [0.3, 0.4) is 0 Å². The van der Waals surface area contributed by atoms with Gasteiger partial charge in [0.25, 0.3) is 0 Å². The van der Waals surface area contributed by atoms with Crippen LogP contribution in [0.5, 0.6) is 0 Å². The van der Waals surface area contributed by atoms with Crippen molar-refractivity contribution in [2.24, 2.45) is 11.1 Å². The van der Waals surface area contributed by atoms with Crippen LogP contribution < -0.4 is 5.73 Å². The van der Waals surface area contributed by atoms with Crippen molar-refractivity contribution in [1.82, 2.24) is 0 Å². The normalized spacial score (nSPS) is 12.8. The van der Waals surface area contributed by atoms with Gasteiger partial charge in [0.1, 0.15) is 6.07 Å². The fourth-order valence-corrected chi connectivity index (χ4v) is 0.693. The van der Waals surface area contributed by atoms with Gasteiger partial charge in [-0.1, -0.05) is 20.8 Å². The Kier molecular flexibility index (Phi) is 3.49. The molecule has 0 aromatic heterocycles. The second-order valence-corrected chi connectivity index (χ2v) is 3.64. The number of rotatable bonds is 1. The van der Waals surface area contributed by atoms with Crippen molar-refractivity contribution in [2.75, 3.05) is 7.11 Å². The SMILES string of the molecule is COC(=O)/C(C#N)=C(\N)C(C)(C)C. The maximum atomic E-state index is 11.0. The molecule has 0 fully saturated rings. The Morgan fingerprint density at radius 1 is 1.46 bits per heavy atom. The van der Waals surface area contributed by atoms with Crippen molar-refractivity contribution in [3.8, 4) is 6.07 Å². The molecule has 0 bridgehead atoms. The lowest BCUT2D eigenvalue weighted by Crippen LogP contribution is -2.22. The molecule has 0 saturated heterocycles. The number of ether oxygens (including phenoxy) is 1. The Bertz CT molecular complexity index is 279. The van der Waals surface area contributed by atoms with Crippen molar-refractivity contribution < 1.29 is 9.53 Å². The first-order chi connectivity index (χ1) is 5.84. The number of carbonyl (C=O) groups excluding carboxylic acids is 1. The molecular weight excluding hydrogens is 168 g/mol. The van der Waals surface area contributed by atoms with E-state index in [4.69, 9.17) is 11.0 Å². The molecule has 0 aliphatic rings. The number of carbonyl (C=O) groups is 1. The van der Waals surface area contributed by atoms with Gasteiger partial charge < -0.3 is 10.5 Å². The van der Waals surface area contributed by atoms with Crippen LogP contribution in [0.2, 0.25) is 0 Å². The lowest BCUT2D eigenvalue weighted by Gasteiger charge is -2.19. The molecule has 72 valence electrons. The molecule has 0 spiro atoms. The van der Waals surface area contributed by atoms with Gasteiger partial charge in [0.05, 0.1) is 7.11 Å². The number of hydrogen-bond donors (Lipinski definition) is 1. The summed E-state index contributed by atoms with van der Waals surface area (Å²) in [6, 6.07) is 1.74. The summed E-state index contributed by atoms with van der Waals surface area (Å²) in [4.78, 5) is 11.0.